The van der Waals surface area contributed by atoms with Crippen molar-refractivity contribution < 1.29 is 9.53 Å². The number of rotatable bonds is 3. The van der Waals surface area contributed by atoms with Crippen molar-refractivity contribution in [2.45, 2.75) is 9.92 Å². The van der Waals surface area contributed by atoms with Crippen LogP contribution in [0.1, 0.15) is 10.4 Å². The molecule has 0 atom stereocenters. The zero-order valence-electron chi connectivity index (χ0n) is 9.66. The highest BCUT2D eigenvalue weighted by Gasteiger charge is 2.08. The predicted molar refractivity (Wildman–Crippen MR) is 68.3 cm³/mol. The fourth-order valence-corrected chi connectivity index (χ4v) is 2.13. The van der Waals surface area contributed by atoms with Gasteiger partial charge in [0.05, 0.1) is 24.6 Å². The van der Waals surface area contributed by atoms with Crippen LogP contribution in [0.2, 0.25) is 0 Å². The van der Waals surface area contributed by atoms with Crippen molar-refractivity contribution in [1.82, 2.24) is 9.97 Å². The lowest BCUT2D eigenvalue weighted by molar-refractivity contribution is 0.0600. The number of anilines is 1. The number of methoxy groups -OCH3 is 1. The summed E-state index contributed by atoms with van der Waals surface area (Å²) in [6.07, 6.45) is 4.79. The number of carbonyl (C=O) groups excluding carboxylic acids is 1. The van der Waals surface area contributed by atoms with Gasteiger partial charge >= 0.3 is 5.97 Å². The van der Waals surface area contributed by atoms with Gasteiger partial charge < -0.3 is 10.5 Å². The monoisotopic (exact) mass is 261 g/mol. The first-order valence-corrected chi connectivity index (χ1v) is 5.94. The quantitative estimate of drug-likeness (QED) is 0.851. The Morgan fingerprint density at radius 2 is 2.22 bits per heavy atom. The molecule has 2 N–H and O–H groups in total. The average Bonchev–Trinajstić information content (AvgIpc) is 2.41. The second kappa shape index (κ2) is 5.50. The molecule has 2 heterocycles. The van der Waals surface area contributed by atoms with E-state index < -0.39 is 0 Å². The van der Waals surface area contributed by atoms with Crippen LogP contribution in [0.15, 0.2) is 46.7 Å². The minimum atomic E-state index is -0.387. The van der Waals surface area contributed by atoms with Crippen molar-refractivity contribution in [3.8, 4) is 0 Å². The second-order valence-corrected chi connectivity index (χ2v) is 4.45. The number of aromatic nitrogens is 2. The number of ether oxygens (including phenoxy) is 1. The molecule has 0 aliphatic carbocycles. The summed E-state index contributed by atoms with van der Waals surface area (Å²) in [5, 5.41) is 0.677. The summed E-state index contributed by atoms with van der Waals surface area (Å²) in [4.78, 5) is 20.3. The van der Waals surface area contributed by atoms with Crippen molar-refractivity contribution >= 4 is 23.4 Å². The van der Waals surface area contributed by atoms with Crippen molar-refractivity contribution in [3.05, 3.63) is 42.4 Å². The summed E-state index contributed by atoms with van der Waals surface area (Å²) >= 11 is 1.37. The topological polar surface area (TPSA) is 78.1 Å². The number of carbonyl (C=O) groups is 1. The number of esters is 1. The second-order valence-electron chi connectivity index (χ2n) is 3.39. The van der Waals surface area contributed by atoms with Crippen molar-refractivity contribution in [2.24, 2.45) is 0 Å². The van der Waals surface area contributed by atoms with Crippen LogP contribution in [-0.2, 0) is 4.74 Å². The molecule has 0 amide bonds. The first kappa shape index (κ1) is 12.4. The van der Waals surface area contributed by atoms with E-state index >= 15 is 0 Å². The lowest BCUT2D eigenvalue weighted by Crippen LogP contribution is -2.01. The number of hydrogen-bond acceptors (Lipinski definition) is 6. The smallest absolute Gasteiger partial charge is 0.337 e. The molecule has 0 saturated heterocycles. The predicted octanol–water partition coefficient (Wildman–Crippen LogP) is 2.00. The number of hydrogen-bond donors (Lipinski definition) is 1. The zero-order valence-corrected chi connectivity index (χ0v) is 10.5. The van der Waals surface area contributed by atoms with E-state index in [9.17, 15) is 4.79 Å². The average molecular weight is 261 g/mol. The van der Waals surface area contributed by atoms with E-state index in [1.54, 1.807) is 36.8 Å². The highest BCUT2D eigenvalue weighted by Crippen LogP contribution is 2.30. The van der Waals surface area contributed by atoms with Crippen molar-refractivity contribution in [1.29, 1.82) is 0 Å². The summed E-state index contributed by atoms with van der Waals surface area (Å²) in [6, 6.07) is 5.06. The Bertz CT molecular complexity index is 575. The molecule has 0 saturated carbocycles. The summed E-state index contributed by atoms with van der Waals surface area (Å²) in [5.74, 6) is -0.387. The molecule has 2 aromatic heterocycles. The Morgan fingerprint density at radius 1 is 1.39 bits per heavy atom. The van der Waals surface area contributed by atoms with Gasteiger partial charge in [0.25, 0.3) is 0 Å². The van der Waals surface area contributed by atoms with E-state index in [1.807, 2.05) is 0 Å². The third-order valence-electron chi connectivity index (χ3n) is 2.18. The molecule has 0 aliphatic rings. The van der Waals surface area contributed by atoms with Gasteiger partial charge in [0.2, 0.25) is 0 Å². The normalized spacial score (nSPS) is 10.1. The number of nitrogens with zero attached hydrogens (tertiary/aromatic N) is 2. The van der Waals surface area contributed by atoms with E-state index in [4.69, 9.17) is 5.73 Å². The molecular formula is C12H11N3O2S. The molecule has 6 heteroatoms. The molecule has 2 aromatic rings. The number of nitrogen functional groups attached to an aromatic ring is 1. The summed E-state index contributed by atoms with van der Waals surface area (Å²) in [7, 11) is 1.34. The Hall–Kier alpha value is -2.08. The van der Waals surface area contributed by atoms with Crippen molar-refractivity contribution in [2.75, 3.05) is 12.8 Å². The molecule has 0 aromatic carbocycles. The first-order chi connectivity index (χ1) is 8.70. The minimum absolute atomic E-state index is 0.387. The fourth-order valence-electron chi connectivity index (χ4n) is 1.31. The zero-order chi connectivity index (χ0) is 13.0. The molecule has 0 fully saturated rings. The lowest BCUT2D eigenvalue weighted by atomic mass is 10.3. The largest absolute Gasteiger partial charge is 0.465 e. The number of nitrogens with two attached hydrogens (primary N) is 1. The van der Waals surface area contributed by atoms with Crippen LogP contribution >= 0.6 is 11.8 Å². The van der Waals surface area contributed by atoms with E-state index in [0.717, 1.165) is 4.90 Å². The van der Waals surface area contributed by atoms with Gasteiger partial charge in [-0.2, -0.15) is 0 Å². The van der Waals surface area contributed by atoms with Crippen LogP contribution in [0, 0.1) is 0 Å². The summed E-state index contributed by atoms with van der Waals surface area (Å²) < 4.78 is 4.65. The summed E-state index contributed by atoms with van der Waals surface area (Å²) in [5.41, 5.74) is 6.83. The van der Waals surface area contributed by atoms with Gasteiger partial charge in [0.15, 0.2) is 0 Å². The minimum Gasteiger partial charge on any atom is -0.465 e. The molecular weight excluding hydrogens is 250 g/mol. The van der Waals surface area contributed by atoms with Crippen LogP contribution in [0.3, 0.4) is 0 Å². The van der Waals surface area contributed by atoms with Crippen LogP contribution in [0.5, 0.6) is 0 Å². The van der Waals surface area contributed by atoms with E-state index in [0.29, 0.717) is 16.3 Å². The van der Waals surface area contributed by atoms with Gasteiger partial charge in [0.1, 0.15) is 5.03 Å². The maximum Gasteiger partial charge on any atom is 0.337 e. The maximum absolute atomic E-state index is 11.4. The SMILES string of the molecule is COC(=O)c1ccnc(Sc2ccncc2N)c1. The molecule has 0 unspecified atom stereocenters. The molecule has 5 nitrogen and oxygen atoms in total. The highest BCUT2D eigenvalue weighted by molar-refractivity contribution is 7.99. The Labute approximate surface area is 108 Å². The highest BCUT2D eigenvalue weighted by atomic mass is 32.2. The van der Waals surface area contributed by atoms with Crippen LogP contribution in [0.25, 0.3) is 0 Å². The molecule has 18 heavy (non-hydrogen) atoms. The third kappa shape index (κ3) is 2.78. The van der Waals surface area contributed by atoms with E-state index in [-0.39, 0.29) is 5.97 Å². The maximum atomic E-state index is 11.4. The number of pyridine rings is 2. The Balaban J connectivity index is 2.25. The lowest BCUT2D eigenvalue weighted by Gasteiger charge is -2.05. The first-order valence-electron chi connectivity index (χ1n) is 5.12. The van der Waals surface area contributed by atoms with Crippen LogP contribution in [-0.4, -0.2) is 23.0 Å². The van der Waals surface area contributed by atoms with Crippen molar-refractivity contribution in [3.63, 3.8) is 0 Å². The van der Waals surface area contributed by atoms with Gasteiger partial charge in [-0.3, -0.25) is 4.98 Å². The Morgan fingerprint density at radius 3 is 2.94 bits per heavy atom. The van der Waals surface area contributed by atoms with Gasteiger partial charge in [-0.1, -0.05) is 11.8 Å². The molecule has 0 aliphatic heterocycles. The van der Waals surface area contributed by atoms with Gasteiger partial charge in [-0.05, 0) is 18.2 Å². The van der Waals surface area contributed by atoms with Gasteiger partial charge in [-0.25, -0.2) is 9.78 Å². The summed E-state index contributed by atoms with van der Waals surface area (Å²) in [6.45, 7) is 0. The molecule has 0 spiro atoms. The Kier molecular flexibility index (Phi) is 3.78. The van der Waals surface area contributed by atoms with Crippen LogP contribution < -0.4 is 5.73 Å². The molecule has 2 rings (SSSR count). The molecule has 0 bridgehead atoms. The van der Waals surface area contributed by atoms with Gasteiger partial charge in [-0.15, -0.1) is 0 Å². The molecule has 0 radical (unpaired) electrons. The molecule has 92 valence electrons. The van der Waals surface area contributed by atoms with Gasteiger partial charge in [0, 0.05) is 17.3 Å². The van der Waals surface area contributed by atoms with Crippen LogP contribution in [0.4, 0.5) is 5.69 Å². The third-order valence-corrected chi connectivity index (χ3v) is 3.20. The standard InChI is InChI=1S/C12H11N3O2S/c1-17-12(16)8-2-5-15-11(6-8)18-10-3-4-14-7-9(10)13/h2-7H,13H2,1H3. The van der Waals surface area contributed by atoms with E-state index in [2.05, 4.69) is 14.7 Å². The van der Waals surface area contributed by atoms with E-state index in [1.165, 1.54) is 18.9 Å². The fraction of sp³-hybridized carbons (Fsp3) is 0.0833.